The van der Waals surface area contributed by atoms with Crippen LogP contribution in [0.4, 0.5) is 5.69 Å². The molecule has 116 valence electrons. The van der Waals surface area contributed by atoms with Crippen molar-refractivity contribution in [2.24, 2.45) is 7.05 Å². The van der Waals surface area contributed by atoms with E-state index in [-0.39, 0.29) is 5.69 Å². The van der Waals surface area contributed by atoms with Gasteiger partial charge in [0.25, 0.3) is 5.69 Å². The highest BCUT2D eigenvalue weighted by molar-refractivity contribution is 5.33. The minimum atomic E-state index is -0.624. The number of rotatable bonds is 4. The Kier molecular flexibility index (Phi) is 3.91. The van der Waals surface area contributed by atoms with Crippen LogP contribution in [0.15, 0.2) is 30.6 Å². The highest BCUT2D eigenvalue weighted by Crippen LogP contribution is 2.17. The summed E-state index contributed by atoms with van der Waals surface area (Å²) in [6, 6.07) is 6.11. The monoisotopic (exact) mass is 303 g/mol. The van der Waals surface area contributed by atoms with E-state index in [0.717, 1.165) is 25.2 Å². The number of nitrogens with one attached hydrogen (secondary N) is 1. The van der Waals surface area contributed by atoms with E-state index in [2.05, 4.69) is 9.55 Å². The average Bonchev–Trinajstić information content (AvgIpc) is 2.88. The van der Waals surface area contributed by atoms with Gasteiger partial charge in [-0.1, -0.05) is 0 Å². The fraction of sp³-hybridized carbons (Fsp3) is 0.400. The van der Waals surface area contributed by atoms with Crippen molar-refractivity contribution in [3.05, 3.63) is 57.7 Å². The van der Waals surface area contributed by atoms with Crippen molar-refractivity contribution in [3.8, 4) is 0 Å². The summed E-state index contributed by atoms with van der Waals surface area (Å²) < 4.78 is 2.05. The van der Waals surface area contributed by atoms with Gasteiger partial charge in [0.05, 0.1) is 23.5 Å². The fourth-order valence-corrected chi connectivity index (χ4v) is 2.98. The van der Waals surface area contributed by atoms with Gasteiger partial charge >= 0.3 is 0 Å². The van der Waals surface area contributed by atoms with Gasteiger partial charge in [-0.3, -0.25) is 10.1 Å². The summed E-state index contributed by atoms with van der Waals surface area (Å²) in [5.41, 5.74) is 3.12. The van der Waals surface area contributed by atoms with E-state index in [4.69, 9.17) is 0 Å². The Balaban J connectivity index is 1.65. The molecule has 1 aliphatic rings. The van der Waals surface area contributed by atoms with Crippen LogP contribution in [0.5, 0.6) is 0 Å². The second-order valence-corrected chi connectivity index (χ2v) is 5.74. The van der Waals surface area contributed by atoms with Crippen molar-refractivity contribution in [3.63, 3.8) is 0 Å². The van der Waals surface area contributed by atoms with Gasteiger partial charge in [0.15, 0.2) is 0 Å². The molecule has 2 N–H and O–H groups in total. The van der Waals surface area contributed by atoms with Gasteiger partial charge in [0, 0.05) is 25.6 Å². The number of aliphatic hydroxyl groups is 1. The van der Waals surface area contributed by atoms with E-state index in [1.54, 1.807) is 12.1 Å². The van der Waals surface area contributed by atoms with Crippen LogP contribution in [-0.4, -0.2) is 32.7 Å². The van der Waals surface area contributed by atoms with Crippen molar-refractivity contribution in [1.29, 1.82) is 0 Å². The molecule has 0 bridgehead atoms. The molecule has 0 fully saturated rings. The number of aliphatic hydroxyl groups excluding tert-OH is 1. The molecule has 7 heteroatoms. The Morgan fingerprint density at radius 2 is 2.18 bits per heavy atom. The lowest BCUT2D eigenvalue weighted by Crippen LogP contribution is -3.12. The molecule has 1 aliphatic heterocycles. The number of imidazole rings is 1. The van der Waals surface area contributed by atoms with Crippen LogP contribution in [0.1, 0.15) is 23.1 Å². The summed E-state index contributed by atoms with van der Waals surface area (Å²) >= 11 is 0. The van der Waals surface area contributed by atoms with Crippen LogP contribution in [0.3, 0.4) is 0 Å². The second-order valence-electron chi connectivity index (χ2n) is 5.74. The molecule has 2 aromatic rings. The highest BCUT2D eigenvalue weighted by Gasteiger charge is 2.25. The second kappa shape index (κ2) is 5.86. The summed E-state index contributed by atoms with van der Waals surface area (Å²) in [5, 5.41) is 21.0. The third kappa shape index (κ3) is 2.86. The SMILES string of the molecule is Cn1cnc2c1CC[NH+](CC(O)c1ccc([N+](=O)[O-])cc1)C2. The number of nitro benzene ring substituents is 1. The summed E-state index contributed by atoms with van der Waals surface area (Å²) in [5.74, 6) is 0. The minimum Gasteiger partial charge on any atom is -0.382 e. The normalized spacial score (nSPS) is 18.7. The first-order valence-corrected chi connectivity index (χ1v) is 7.29. The number of nitro groups is 1. The number of benzene rings is 1. The highest BCUT2D eigenvalue weighted by atomic mass is 16.6. The smallest absolute Gasteiger partial charge is 0.269 e. The Morgan fingerprint density at radius 3 is 2.86 bits per heavy atom. The van der Waals surface area contributed by atoms with E-state index in [1.807, 2.05) is 13.4 Å². The minimum absolute atomic E-state index is 0.0411. The molecule has 0 aliphatic carbocycles. The Hall–Kier alpha value is -2.25. The summed E-state index contributed by atoms with van der Waals surface area (Å²) in [6.07, 6.45) is 2.16. The first kappa shape index (κ1) is 14.7. The lowest BCUT2D eigenvalue weighted by molar-refractivity contribution is -0.920. The van der Waals surface area contributed by atoms with E-state index >= 15 is 0 Å². The third-order valence-corrected chi connectivity index (χ3v) is 4.25. The van der Waals surface area contributed by atoms with Crippen LogP contribution in [0.25, 0.3) is 0 Å². The van der Waals surface area contributed by atoms with Gasteiger partial charge in [0.1, 0.15) is 24.9 Å². The molecule has 1 aromatic heterocycles. The van der Waals surface area contributed by atoms with Gasteiger partial charge in [-0.05, 0) is 17.7 Å². The molecule has 0 radical (unpaired) electrons. The maximum absolute atomic E-state index is 10.6. The number of quaternary nitrogens is 1. The number of hydrogen-bond donors (Lipinski definition) is 2. The van der Waals surface area contributed by atoms with E-state index in [0.29, 0.717) is 12.1 Å². The number of nitrogens with zero attached hydrogens (tertiary/aromatic N) is 3. The molecular weight excluding hydrogens is 284 g/mol. The van der Waals surface area contributed by atoms with Gasteiger partial charge < -0.3 is 14.6 Å². The Labute approximate surface area is 128 Å². The quantitative estimate of drug-likeness (QED) is 0.615. The number of aryl methyl sites for hydroxylation is 1. The number of non-ortho nitro benzene ring substituents is 1. The van der Waals surface area contributed by atoms with Gasteiger partial charge in [-0.2, -0.15) is 0 Å². The van der Waals surface area contributed by atoms with Crippen molar-refractivity contribution in [1.82, 2.24) is 9.55 Å². The zero-order valence-electron chi connectivity index (χ0n) is 12.4. The fourth-order valence-electron chi connectivity index (χ4n) is 2.98. The number of fused-ring (bicyclic) bond motifs is 1. The molecule has 0 spiro atoms. The largest absolute Gasteiger partial charge is 0.382 e. The van der Waals surface area contributed by atoms with E-state index < -0.39 is 11.0 Å². The molecule has 0 amide bonds. The van der Waals surface area contributed by atoms with E-state index in [1.165, 1.54) is 22.7 Å². The molecule has 0 saturated heterocycles. The number of aromatic nitrogens is 2. The molecule has 0 saturated carbocycles. The number of hydrogen-bond acceptors (Lipinski definition) is 4. The summed E-state index contributed by atoms with van der Waals surface area (Å²) in [7, 11) is 2.00. The predicted molar refractivity (Wildman–Crippen MR) is 79.4 cm³/mol. The molecule has 2 unspecified atom stereocenters. The van der Waals surface area contributed by atoms with Gasteiger partial charge in [-0.25, -0.2) is 4.98 Å². The molecule has 1 aromatic carbocycles. The van der Waals surface area contributed by atoms with Crippen LogP contribution in [0.2, 0.25) is 0 Å². The molecule has 3 rings (SSSR count). The van der Waals surface area contributed by atoms with Crippen molar-refractivity contribution >= 4 is 5.69 Å². The third-order valence-electron chi connectivity index (χ3n) is 4.25. The average molecular weight is 303 g/mol. The zero-order chi connectivity index (χ0) is 15.7. The lowest BCUT2D eigenvalue weighted by atomic mass is 10.1. The first-order chi connectivity index (χ1) is 10.5. The van der Waals surface area contributed by atoms with Gasteiger partial charge in [0.2, 0.25) is 0 Å². The van der Waals surface area contributed by atoms with Crippen LogP contribution in [-0.2, 0) is 20.0 Å². The van der Waals surface area contributed by atoms with Crippen molar-refractivity contribution in [2.75, 3.05) is 13.1 Å². The van der Waals surface area contributed by atoms with Gasteiger partial charge in [-0.15, -0.1) is 0 Å². The Morgan fingerprint density at radius 1 is 1.45 bits per heavy atom. The van der Waals surface area contributed by atoms with Crippen LogP contribution >= 0.6 is 0 Å². The predicted octanol–water partition coefficient (Wildman–Crippen LogP) is 0.00290. The van der Waals surface area contributed by atoms with E-state index in [9.17, 15) is 15.2 Å². The van der Waals surface area contributed by atoms with Crippen LogP contribution < -0.4 is 4.90 Å². The maximum atomic E-state index is 10.6. The first-order valence-electron chi connectivity index (χ1n) is 7.29. The lowest BCUT2D eigenvalue weighted by Gasteiger charge is -2.25. The molecular formula is C15H19N4O3+. The molecule has 2 atom stereocenters. The van der Waals surface area contributed by atoms with Crippen LogP contribution in [0, 0.1) is 10.1 Å². The maximum Gasteiger partial charge on any atom is 0.269 e. The van der Waals surface area contributed by atoms with Crippen molar-refractivity contribution in [2.45, 2.75) is 19.1 Å². The topological polar surface area (TPSA) is 85.6 Å². The molecule has 22 heavy (non-hydrogen) atoms. The Bertz CT molecular complexity index is 681. The standard InChI is InChI=1S/C15H18N4O3/c1-17-10-16-13-8-18(7-6-14(13)17)9-15(20)11-2-4-12(5-3-11)19(21)22/h2-5,10,15,20H,6-9H2,1H3/p+1. The summed E-state index contributed by atoms with van der Waals surface area (Å²) in [6.45, 7) is 2.34. The summed E-state index contributed by atoms with van der Waals surface area (Å²) in [4.78, 5) is 15.9. The zero-order valence-corrected chi connectivity index (χ0v) is 12.4. The molecule has 2 heterocycles. The molecule has 7 nitrogen and oxygen atoms in total. The van der Waals surface area contributed by atoms with Crippen molar-refractivity contribution < 1.29 is 14.9 Å².